The summed E-state index contributed by atoms with van der Waals surface area (Å²) in [5.41, 5.74) is -12.3. The summed E-state index contributed by atoms with van der Waals surface area (Å²) in [6.45, 7) is 10.9. The highest BCUT2D eigenvalue weighted by molar-refractivity contribution is 8.05. The summed E-state index contributed by atoms with van der Waals surface area (Å²) in [4.78, 5) is 2.74. The monoisotopic (exact) mass is 550 g/mol. The molecule has 0 aromatic rings. The first-order valence-corrected chi connectivity index (χ1v) is 14.7. The highest BCUT2D eigenvalue weighted by atomic mass is 32.3. The lowest BCUT2D eigenvalue weighted by Crippen LogP contribution is -2.45. The zero-order valence-electron chi connectivity index (χ0n) is 20.3. The van der Waals surface area contributed by atoms with E-state index in [1.807, 2.05) is 0 Å². The summed E-state index contributed by atoms with van der Waals surface area (Å²) in [5, 5.41) is 0. The van der Waals surface area contributed by atoms with Crippen molar-refractivity contribution in [2.45, 2.75) is 109 Å². The first-order chi connectivity index (χ1) is 15.6. The Hall–Kier alpha value is -0.600. The van der Waals surface area contributed by atoms with Gasteiger partial charge in [0.1, 0.15) is 0 Å². The van der Waals surface area contributed by atoms with Gasteiger partial charge in [0.05, 0.1) is 0 Å². The van der Waals surface area contributed by atoms with Gasteiger partial charge in [0, 0.05) is 0 Å². The van der Waals surface area contributed by atoms with E-state index >= 15 is 0 Å². The average Bonchev–Trinajstić information content (AvgIpc) is 2.69. The topological polar surface area (TPSA) is 83.6 Å². The van der Waals surface area contributed by atoms with E-state index < -0.39 is 35.2 Å². The van der Waals surface area contributed by atoms with Crippen molar-refractivity contribution in [2.24, 2.45) is 0 Å². The van der Waals surface area contributed by atoms with Crippen LogP contribution in [-0.4, -0.2) is 52.4 Å². The molecule has 0 aromatic carbocycles. The normalized spacial score (nSPS) is 13.1. The third-order valence-electron chi connectivity index (χ3n) is 4.81. The van der Waals surface area contributed by atoms with E-state index in [2.05, 4.69) is 25.7 Å². The highest BCUT2D eigenvalue weighted by Gasteiger charge is 2.55. The van der Waals surface area contributed by atoms with E-state index in [4.69, 9.17) is 0 Å². The van der Waals surface area contributed by atoms with E-state index in [0.29, 0.717) is 0 Å². The molecule has 0 heterocycles. The molecule has 0 saturated heterocycles. The molecule has 0 spiro atoms. The molecule has 0 bridgehead atoms. The van der Waals surface area contributed by atoms with Crippen molar-refractivity contribution in [1.82, 2.24) is 9.03 Å². The first kappa shape index (κ1) is 35.6. The second kappa shape index (κ2) is 17.8. The van der Waals surface area contributed by atoms with Crippen LogP contribution in [0.5, 0.6) is 0 Å². The van der Waals surface area contributed by atoms with E-state index in [-0.39, 0.29) is 0 Å². The Morgan fingerprint density at radius 3 is 1.00 bits per heavy atom. The number of unbranched alkanes of at least 4 members (excludes halogenated alkanes) is 9. The summed E-state index contributed by atoms with van der Waals surface area (Å²) in [6, 6.07) is 0. The van der Waals surface area contributed by atoms with Crippen molar-refractivity contribution in [2.75, 3.05) is 19.6 Å². The number of hydrogen-bond acceptors (Lipinski definition) is 5. The van der Waals surface area contributed by atoms with Crippen molar-refractivity contribution in [3.05, 3.63) is 0 Å². The molecule has 0 aliphatic heterocycles. The Morgan fingerprint density at radius 1 is 0.529 bits per heavy atom. The molecule has 0 aliphatic carbocycles. The lowest BCUT2D eigenvalue weighted by molar-refractivity contribution is -0.0476. The zero-order valence-corrected chi connectivity index (χ0v) is 21.9. The Bertz CT molecular complexity index is 641. The zero-order chi connectivity index (χ0) is 26.9. The fourth-order valence-corrected chi connectivity index (χ4v) is 4.77. The minimum absolute atomic E-state index is 0.493. The van der Waals surface area contributed by atoms with Crippen molar-refractivity contribution in [3.8, 4) is 0 Å². The molecule has 0 atom stereocenters. The number of sulfonamides is 2. The van der Waals surface area contributed by atoms with Gasteiger partial charge in [-0.05, 0) is 38.9 Å². The molecule has 0 aliphatic rings. The summed E-state index contributed by atoms with van der Waals surface area (Å²) in [5.74, 6) is 0. The van der Waals surface area contributed by atoms with Gasteiger partial charge in [-0.25, -0.2) is 16.8 Å². The summed E-state index contributed by atoms with van der Waals surface area (Å²) < 4.78 is 108. The van der Waals surface area contributed by atoms with Crippen LogP contribution in [-0.2, 0) is 20.0 Å². The molecule has 0 amide bonds. The van der Waals surface area contributed by atoms with Gasteiger partial charge in [-0.3, -0.25) is 0 Å². The molecule has 0 rings (SSSR count). The minimum atomic E-state index is -6.60. The number of nitrogens with zero attached hydrogens (tertiary/aromatic N) is 1. The summed E-state index contributed by atoms with van der Waals surface area (Å²) in [6.07, 6.45) is 16.8. The van der Waals surface area contributed by atoms with Gasteiger partial charge in [0.15, 0.2) is 0 Å². The summed E-state index contributed by atoms with van der Waals surface area (Å²) in [7, 11) is -13.2. The van der Waals surface area contributed by atoms with Crippen LogP contribution in [0.2, 0.25) is 0 Å². The van der Waals surface area contributed by atoms with Gasteiger partial charge in [-0.1, -0.05) is 82.7 Å². The second-order valence-corrected chi connectivity index (χ2v) is 11.6. The van der Waals surface area contributed by atoms with Crippen LogP contribution in [0, 0.1) is 0 Å². The van der Waals surface area contributed by atoms with Crippen LogP contribution >= 0.6 is 0 Å². The quantitative estimate of drug-likeness (QED) is 0.170. The van der Waals surface area contributed by atoms with E-state index in [9.17, 15) is 43.2 Å². The van der Waals surface area contributed by atoms with Crippen molar-refractivity contribution < 1.29 is 43.2 Å². The molecule has 0 aromatic heterocycles. The van der Waals surface area contributed by atoms with Crippen LogP contribution in [0.3, 0.4) is 0 Å². The molecule has 208 valence electrons. The fourth-order valence-electron chi connectivity index (χ4n) is 2.86. The van der Waals surface area contributed by atoms with Crippen molar-refractivity contribution in [3.63, 3.8) is 0 Å². The predicted molar refractivity (Wildman–Crippen MR) is 122 cm³/mol. The number of hydrogen-bond donors (Lipinski definition) is 1. The van der Waals surface area contributed by atoms with Crippen LogP contribution in [0.25, 0.3) is 0 Å². The van der Waals surface area contributed by atoms with Gasteiger partial charge >= 0.3 is 31.1 Å². The molecule has 34 heavy (non-hydrogen) atoms. The smallest absolute Gasteiger partial charge is 0.303 e. The van der Waals surface area contributed by atoms with Crippen LogP contribution in [0.15, 0.2) is 0 Å². The third-order valence-corrected chi connectivity index (χ3v) is 7.79. The Morgan fingerprint density at radius 2 is 0.794 bits per heavy atom. The second-order valence-electron chi connectivity index (χ2n) is 8.01. The molecule has 0 unspecified atom stereocenters. The maximum absolute atomic E-state index is 11.5. The summed E-state index contributed by atoms with van der Waals surface area (Å²) >= 11 is 0. The predicted octanol–water partition coefficient (Wildman–Crippen LogP) is 6.30. The molecule has 0 fully saturated rings. The largest absolute Gasteiger partial charge is 0.512 e. The van der Waals surface area contributed by atoms with E-state index in [0.717, 1.165) is 0 Å². The van der Waals surface area contributed by atoms with E-state index in [1.165, 1.54) is 96.7 Å². The number of rotatable bonds is 17. The van der Waals surface area contributed by atoms with Gasteiger partial charge in [-0.15, -0.1) is 0 Å². The Labute approximate surface area is 201 Å². The standard InChI is InChI=1S/C18H39N.C2HF6NO4S2/c1-4-7-10-13-16-19(17-14-11-8-5-2)18-15-12-9-6-3;3-1(4,5)14(10,11)9-15(12,13)2(6,7)8/h4-18H2,1-3H3;9H. The molecule has 1 N–H and O–H groups in total. The molecular weight excluding hydrogens is 510 g/mol. The molecule has 0 radical (unpaired) electrons. The van der Waals surface area contributed by atoms with Crippen molar-refractivity contribution in [1.29, 1.82) is 0 Å². The van der Waals surface area contributed by atoms with Crippen molar-refractivity contribution >= 4 is 20.0 Å². The van der Waals surface area contributed by atoms with Crippen LogP contribution in [0.4, 0.5) is 26.3 Å². The lowest BCUT2D eigenvalue weighted by atomic mass is 10.1. The maximum Gasteiger partial charge on any atom is 0.512 e. The molecule has 0 saturated carbocycles. The SMILES string of the molecule is CCCCCCN(CCCCCC)CCCCCC.O=S(=O)(NS(=O)(=O)C(F)(F)F)C(F)(F)F. The minimum Gasteiger partial charge on any atom is -0.303 e. The molecule has 14 heteroatoms. The average molecular weight is 551 g/mol. The third kappa shape index (κ3) is 16.9. The first-order valence-electron chi connectivity index (χ1n) is 11.7. The van der Waals surface area contributed by atoms with Crippen LogP contribution in [0.1, 0.15) is 97.8 Å². The number of nitrogens with one attached hydrogen (secondary N) is 1. The number of halogens is 6. The van der Waals surface area contributed by atoms with Gasteiger partial charge in [0.2, 0.25) is 0 Å². The molecule has 6 nitrogen and oxygen atoms in total. The number of alkyl halides is 6. The van der Waals surface area contributed by atoms with E-state index in [1.54, 1.807) is 0 Å². The van der Waals surface area contributed by atoms with Gasteiger partial charge in [0.25, 0.3) is 0 Å². The highest BCUT2D eigenvalue weighted by Crippen LogP contribution is 2.27. The maximum atomic E-state index is 11.5. The Kier molecular flexibility index (Phi) is 18.6. The van der Waals surface area contributed by atoms with Gasteiger partial charge < -0.3 is 4.90 Å². The fraction of sp³-hybridized carbons (Fsp3) is 1.00. The van der Waals surface area contributed by atoms with Gasteiger partial charge in [-0.2, -0.15) is 26.3 Å². The lowest BCUT2D eigenvalue weighted by Gasteiger charge is -2.22. The van der Waals surface area contributed by atoms with Crippen LogP contribution < -0.4 is 4.13 Å². The Balaban J connectivity index is 0. The molecular formula is C20H40F6N2O4S2.